The standard InChI is InChI=1S/C23H32N2O5/c1-2-29-23(28)30-20-10-8-18(9-11-20)22(27)24-19-12-14-25(15-13-19)21(26)16-17-6-4-3-5-7-17/h8-11,17,19H,2-7,12-16H2,1H3,(H,24,27). The second-order valence-electron chi connectivity index (χ2n) is 8.15. The number of carbonyl (C=O) groups excluding carboxylic acids is 3. The van der Waals surface area contributed by atoms with Gasteiger partial charge in [0.15, 0.2) is 0 Å². The van der Waals surface area contributed by atoms with E-state index in [1.54, 1.807) is 31.2 Å². The van der Waals surface area contributed by atoms with Gasteiger partial charge in [-0.3, -0.25) is 9.59 Å². The van der Waals surface area contributed by atoms with Gasteiger partial charge in [0, 0.05) is 31.1 Å². The van der Waals surface area contributed by atoms with Crippen molar-refractivity contribution in [1.82, 2.24) is 10.2 Å². The second-order valence-corrected chi connectivity index (χ2v) is 8.15. The largest absolute Gasteiger partial charge is 0.513 e. The van der Waals surface area contributed by atoms with Crippen LogP contribution in [0.1, 0.15) is 68.6 Å². The minimum atomic E-state index is -0.764. The van der Waals surface area contributed by atoms with E-state index in [9.17, 15) is 14.4 Å². The molecule has 0 bridgehead atoms. The third-order valence-corrected chi connectivity index (χ3v) is 5.95. The molecule has 0 atom stereocenters. The molecular weight excluding hydrogens is 384 g/mol. The first kappa shape index (κ1) is 22.1. The molecule has 0 radical (unpaired) electrons. The van der Waals surface area contributed by atoms with Gasteiger partial charge in [0.25, 0.3) is 5.91 Å². The van der Waals surface area contributed by atoms with Gasteiger partial charge < -0.3 is 19.7 Å². The van der Waals surface area contributed by atoms with Crippen molar-refractivity contribution in [3.05, 3.63) is 29.8 Å². The fraction of sp³-hybridized carbons (Fsp3) is 0.609. The van der Waals surface area contributed by atoms with Crippen molar-refractivity contribution in [3.8, 4) is 5.75 Å². The van der Waals surface area contributed by atoms with Crippen LogP contribution in [0.3, 0.4) is 0 Å². The number of carbonyl (C=O) groups is 3. The summed E-state index contributed by atoms with van der Waals surface area (Å²) in [4.78, 5) is 38.3. The van der Waals surface area contributed by atoms with Crippen LogP contribution in [0, 0.1) is 5.92 Å². The van der Waals surface area contributed by atoms with Crippen LogP contribution in [0.5, 0.6) is 5.75 Å². The Morgan fingerprint density at radius 2 is 1.67 bits per heavy atom. The fourth-order valence-corrected chi connectivity index (χ4v) is 4.23. The topological polar surface area (TPSA) is 84.9 Å². The Bertz CT molecular complexity index is 720. The Balaban J connectivity index is 1.41. The predicted molar refractivity (Wildman–Crippen MR) is 112 cm³/mol. The van der Waals surface area contributed by atoms with E-state index in [2.05, 4.69) is 5.32 Å². The molecule has 2 amide bonds. The van der Waals surface area contributed by atoms with Crippen molar-refractivity contribution in [1.29, 1.82) is 0 Å². The number of hydrogen-bond donors (Lipinski definition) is 1. The van der Waals surface area contributed by atoms with Gasteiger partial charge in [-0.2, -0.15) is 0 Å². The van der Waals surface area contributed by atoms with E-state index in [1.165, 1.54) is 32.1 Å². The number of benzene rings is 1. The van der Waals surface area contributed by atoms with Gasteiger partial charge in [0.2, 0.25) is 5.91 Å². The summed E-state index contributed by atoms with van der Waals surface area (Å²) in [5.41, 5.74) is 0.502. The third-order valence-electron chi connectivity index (χ3n) is 5.95. The van der Waals surface area contributed by atoms with E-state index in [4.69, 9.17) is 9.47 Å². The van der Waals surface area contributed by atoms with E-state index in [0.29, 0.717) is 36.7 Å². The van der Waals surface area contributed by atoms with Gasteiger partial charge in [-0.1, -0.05) is 19.3 Å². The molecule has 1 aromatic carbocycles. The van der Waals surface area contributed by atoms with Crippen molar-refractivity contribution in [3.63, 3.8) is 0 Å². The van der Waals surface area contributed by atoms with Gasteiger partial charge in [-0.15, -0.1) is 0 Å². The number of piperidine rings is 1. The normalized spacial score (nSPS) is 18.0. The summed E-state index contributed by atoms with van der Waals surface area (Å²) in [6.07, 6.45) is 7.62. The highest BCUT2D eigenvalue weighted by Crippen LogP contribution is 2.27. The molecule has 1 aliphatic heterocycles. The zero-order valence-electron chi connectivity index (χ0n) is 17.7. The minimum Gasteiger partial charge on any atom is -0.434 e. The first-order chi connectivity index (χ1) is 14.5. The van der Waals surface area contributed by atoms with Gasteiger partial charge in [-0.05, 0) is 62.8 Å². The van der Waals surface area contributed by atoms with Crippen LogP contribution in [0.25, 0.3) is 0 Å². The molecular formula is C23H32N2O5. The zero-order valence-corrected chi connectivity index (χ0v) is 17.7. The Hall–Kier alpha value is -2.57. The van der Waals surface area contributed by atoms with Gasteiger partial charge in [-0.25, -0.2) is 4.79 Å². The summed E-state index contributed by atoms with van der Waals surface area (Å²) < 4.78 is 9.72. The molecule has 1 aromatic rings. The number of amides is 2. The Labute approximate surface area is 178 Å². The van der Waals surface area contributed by atoms with Gasteiger partial charge >= 0.3 is 6.16 Å². The summed E-state index contributed by atoms with van der Waals surface area (Å²) in [5, 5.41) is 3.05. The summed E-state index contributed by atoms with van der Waals surface area (Å²) in [6, 6.07) is 6.43. The average molecular weight is 417 g/mol. The molecule has 2 aliphatic rings. The predicted octanol–water partition coefficient (Wildman–Crippen LogP) is 3.91. The second kappa shape index (κ2) is 11.0. The molecule has 1 heterocycles. The number of hydrogen-bond acceptors (Lipinski definition) is 5. The highest BCUT2D eigenvalue weighted by Gasteiger charge is 2.26. The summed E-state index contributed by atoms with van der Waals surface area (Å²) >= 11 is 0. The van der Waals surface area contributed by atoms with Crippen LogP contribution in [0.2, 0.25) is 0 Å². The summed E-state index contributed by atoms with van der Waals surface area (Å²) in [7, 11) is 0. The van der Waals surface area contributed by atoms with Crippen molar-refractivity contribution in [2.75, 3.05) is 19.7 Å². The van der Waals surface area contributed by atoms with Crippen LogP contribution in [0.4, 0.5) is 4.79 Å². The SMILES string of the molecule is CCOC(=O)Oc1ccc(C(=O)NC2CCN(C(=O)CC3CCCCC3)CC2)cc1. The van der Waals surface area contributed by atoms with E-state index in [0.717, 1.165) is 12.8 Å². The highest BCUT2D eigenvalue weighted by atomic mass is 16.7. The van der Waals surface area contributed by atoms with Crippen molar-refractivity contribution in [2.24, 2.45) is 5.92 Å². The monoisotopic (exact) mass is 416 g/mol. The lowest BCUT2D eigenvalue weighted by molar-refractivity contribution is -0.133. The zero-order chi connectivity index (χ0) is 21.3. The maximum Gasteiger partial charge on any atom is 0.513 e. The molecule has 0 aromatic heterocycles. The fourth-order valence-electron chi connectivity index (χ4n) is 4.23. The van der Waals surface area contributed by atoms with E-state index < -0.39 is 6.16 Å². The molecule has 2 fully saturated rings. The maximum atomic E-state index is 12.6. The number of rotatable bonds is 6. The van der Waals surface area contributed by atoms with Crippen molar-refractivity contribution < 1.29 is 23.9 Å². The van der Waals surface area contributed by atoms with Crippen molar-refractivity contribution >= 4 is 18.0 Å². The molecule has 1 saturated carbocycles. The lowest BCUT2D eigenvalue weighted by Gasteiger charge is -2.33. The summed E-state index contributed by atoms with van der Waals surface area (Å²) in [5.74, 6) is 0.989. The molecule has 0 spiro atoms. The molecule has 1 saturated heterocycles. The van der Waals surface area contributed by atoms with Crippen LogP contribution in [0.15, 0.2) is 24.3 Å². The first-order valence-electron chi connectivity index (χ1n) is 11.1. The van der Waals surface area contributed by atoms with E-state index in [1.807, 2.05) is 4.90 Å². The maximum absolute atomic E-state index is 12.6. The molecule has 164 valence electrons. The molecule has 7 nitrogen and oxygen atoms in total. The average Bonchev–Trinajstić information content (AvgIpc) is 2.75. The molecule has 7 heteroatoms. The van der Waals surface area contributed by atoms with Gasteiger partial charge in [0.1, 0.15) is 5.75 Å². The quantitative estimate of drug-likeness (QED) is 0.561. The van der Waals surface area contributed by atoms with E-state index >= 15 is 0 Å². The lowest BCUT2D eigenvalue weighted by Crippen LogP contribution is -2.46. The lowest BCUT2D eigenvalue weighted by atomic mass is 9.86. The summed E-state index contributed by atoms with van der Waals surface area (Å²) in [6.45, 7) is 3.34. The van der Waals surface area contributed by atoms with Crippen LogP contribution < -0.4 is 10.1 Å². The van der Waals surface area contributed by atoms with Gasteiger partial charge in [0.05, 0.1) is 6.61 Å². The first-order valence-corrected chi connectivity index (χ1v) is 11.1. The minimum absolute atomic E-state index is 0.0617. The Morgan fingerprint density at radius 1 is 1.00 bits per heavy atom. The molecule has 30 heavy (non-hydrogen) atoms. The smallest absolute Gasteiger partial charge is 0.434 e. The number of likely N-dealkylation sites (tertiary alicyclic amines) is 1. The molecule has 1 aliphatic carbocycles. The molecule has 0 unspecified atom stereocenters. The van der Waals surface area contributed by atoms with Crippen molar-refractivity contribution in [2.45, 2.75) is 64.3 Å². The molecule has 3 rings (SSSR count). The van der Waals surface area contributed by atoms with Crippen LogP contribution in [-0.2, 0) is 9.53 Å². The Kier molecular flexibility index (Phi) is 8.11. The number of ether oxygens (including phenoxy) is 2. The molecule has 1 N–H and O–H groups in total. The third kappa shape index (κ3) is 6.47. The van der Waals surface area contributed by atoms with Crippen LogP contribution >= 0.6 is 0 Å². The van der Waals surface area contributed by atoms with E-state index in [-0.39, 0.29) is 24.5 Å². The number of nitrogens with zero attached hydrogens (tertiary/aromatic N) is 1. The number of nitrogens with one attached hydrogen (secondary N) is 1. The highest BCUT2D eigenvalue weighted by molar-refractivity contribution is 5.94. The Morgan fingerprint density at radius 3 is 2.30 bits per heavy atom. The van der Waals surface area contributed by atoms with Crippen LogP contribution in [-0.4, -0.2) is 48.6 Å².